The number of aliphatic hydroxyl groups is 1. The molecule has 0 radical (unpaired) electrons. The van der Waals surface area contributed by atoms with Gasteiger partial charge >= 0.3 is 0 Å². The quantitative estimate of drug-likeness (QED) is 0.337. The van der Waals surface area contributed by atoms with Crippen LogP contribution < -0.4 is 0 Å². The monoisotopic (exact) mass is 520 g/mol. The van der Waals surface area contributed by atoms with Crippen LogP contribution in [0.15, 0.2) is 91.0 Å². The summed E-state index contributed by atoms with van der Waals surface area (Å²) < 4.78 is 36.5. The Hall–Kier alpha value is -2.62. The highest BCUT2D eigenvalue weighted by Crippen LogP contribution is 2.30. The highest BCUT2D eigenvalue weighted by Gasteiger charge is 2.48. The van der Waals surface area contributed by atoms with E-state index in [0.29, 0.717) is 26.4 Å². The van der Waals surface area contributed by atoms with Gasteiger partial charge in [0.15, 0.2) is 6.29 Å². The number of hydrogen-bond donors (Lipinski definition) is 1. The standard InChI is InChI=1S/C31H36O7/c1-22-26(37-22)21-36-31-28(32)30(35-19-25-15-9-4-10-16-25)29(34-18-24-13-7-3-8-14-24)27(38-31)20-33-17-23-11-5-2-6-12-23/h2-16,22,26-32H,17-21H2,1H3/t22-,26-,27?,28?,29-,30?,31?/m1/s1. The molecule has 7 nitrogen and oxygen atoms in total. The van der Waals surface area contributed by atoms with Crippen LogP contribution in [0.4, 0.5) is 0 Å². The molecule has 0 bridgehead atoms. The van der Waals surface area contributed by atoms with Crippen LogP contribution in [0.25, 0.3) is 0 Å². The Morgan fingerprint density at radius 3 is 1.63 bits per heavy atom. The van der Waals surface area contributed by atoms with Gasteiger partial charge in [-0.2, -0.15) is 0 Å². The Kier molecular flexibility index (Phi) is 9.54. The Bertz CT molecular complexity index is 1080. The van der Waals surface area contributed by atoms with Gasteiger partial charge in [0, 0.05) is 0 Å². The van der Waals surface area contributed by atoms with Crippen LogP contribution in [0.5, 0.6) is 0 Å². The van der Waals surface area contributed by atoms with Gasteiger partial charge in [0.25, 0.3) is 0 Å². The zero-order valence-corrected chi connectivity index (χ0v) is 21.6. The van der Waals surface area contributed by atoms with Crippen LogP contribution in [0.3, 0.4) is 0 Å². The van der Waals surface area contributed by atoms with Crippen molar-refractivity contribution in [2.24, 2.45) is 0 Å². The van der Waals surface area contributed by atoms with E-state index in [4.69, 9.17) is 28.4 Å². The van der Waals surface area contributed by atoms with E-state index in [-0.39, 0.29) is 18.8 Å². The van der Waals surface area contributed by atoms with Crippen LogP contribution in [0.2, 0.25) is 0 Å². The van der Waals surface area contributed by atoms with Crippen molar-refractivity contribution >= 4 is 0 Å². The molecule has 0 amide bonds. The summed E-state index contributed by atoms with van der Waals surface area (Å²) in [6.07, 6.45) is -3.59. The first-order valence-corrected chi connectivity index (χ1v) is 13.2. The molecule has 2 aliphatic rings. The number of ether oxygens (including phenoxy) is 6. The summed E-state index contributed by atoms with van der Waals surface area (Å²) in [6, 6.07) is 29.8. The van der Waals surface area contributed by atoms with Gasteiger partial charge in [-0.05, 0) is 23.6 Å². The second kappa shape index (κ2) is 13.4. The fourth-order valence-electron chi connectivity index (χ4n) is 4.55. The van der Waals surface area contributed by atoms with Crippen LogP contribution in [-0.2, 0) is 48.2 Å². The predicted octanol–water partition coefficient (Wildman–Crippen LogP) is 4.26. The van der Waals surface area contributed by atoms with Gasteiger partial charge in [-0.25, -0.2) is 0 Å². The Labute approximate surface area is 224 Å². The van der Waals surface area contributed by atoms with Crippen molar-refractivity contribution in [2.75, 3.05) is 13.2 Å². The molecule has 3 aromatic rings. The second-order valence-electron chi connectivity index (χ2n) is 9.77. The molecule has 2 fully saturated rings. The third kappa shape index (κ3) is 7.48. The molecule has 3 aromatic carbocycles. The molecule has 0 aromatic heterocycles. The molecule has 7 heteroatoms. The fraction of sp³-hybridized carbons (Fsp3) is 0.419. The van der Waals surface area contributed by atoms with E-state index in [9.17, 15) is 5.11 Å². The minimum atomic E-state index is -1.06. The highest BCUT2D eigenvalue weighted by molar-refractivity contribution is 5.15. The molecular formula is C31H36O7. The molecule has 5 rings (SSSR count). The predicted molar refractivity (Wildman–Crippen MR) is 141 cm³/mol. The van der Waals surface area contributed by atoms with Crippen LogP contribution in [-0.4, -0.2) is 61.2 Å². The Morgan fingerprint density at radius 1 is 0.605 bits per heavy atom. The second-order valence-corrected chi connectivity index (χ2v) is 9.77. The Balaban J connectivity index is 1.32. The minimum absolute atomic E-state index is 0.00863. The van der Waals surface area contributed by atoms with Crippen molar-refractivity contribution in [1.82, 2.24) is 0 Å². The molecule has 38 heavy (non-hydrogen) atoms. The maximum atomic E-state index is 11.4. The summed E-state index contributed by atoms with van der Waals surface area (Å²) in [5, 5.41) is 11.4. The SMILES string of the molecule is C[C@H]1O[C@@H]1COC1OC(COCc2ccccc2)[C@@H](OCc2ccccc2)C(OCc2ccccc2)C1O. The molecule has 202 valence electrons. The van der Waals surface area contributed by atoms with Crippen molar-refractivity contribution in [3.05, 3.63) is 108 Å². The lowest BCUT2D eigenvalue weighted by Gasteiger charge is -2.44. The number of benzene rings is 3. The van der Waals surface area contributed by atoms with Crippen molar-refractivity contribution in [1.29, 1.82) is 0 Å². The molecule has 7 atom stereocenters. The summed E-state index contributed by atoms with van der Waals surface area (Å²) >= 11 is 0. The van der Waals surface area contributed by atoms with Gasteiger partial charge in [0.05, 0.1) is 39.1 Å². The van der Waals surface area contributed by atoms with Crippen LogP contribution in [0.1, 0.15) is 23.6 Å². The summed E-state index contributed by atoms with van der Waals surface area (Å²) in [5.74, 6) is 0. The van der Waals surface area contributed by atoms with E-state index in [1.165, 1.54) is 0 Å². The van der Waals surface area contributed by atoms with E-state index >= 15 is 0 Å². The number of aliphatic hydroxyl groups excluding tert-OH is 1. The summed E-state index contributed by atoms with van der Waals surface area (Å²) in [6.45, 7) is 3.68. The lowest BCUT2D eigenvalue weighted by Crippen LogP contribution is -2.61. The van der Waals surface area contributed by atoms with Crippen LogP contribution in [0, 0.1) is 0 Å². The fourth-order valence-corrected chi connectivity index (χ4v) is 4.55. The molecule has 1 N–H and O–H groups in total. The van der Waals surface area contributed by atoms with E-state index < -0.39 is 30.7 Å². The Morgan fingerprint density at radius 2 is 1.11 bits per heavy atom. The topological polar surface area (TPSA) is 78.9 Å². The first-order valence-electron chi connectivity index (χ1n) is 13.2. The van der Waals surface area contributed by atoms with Crippen molar-refractivity contribution in [3.63, 3.8) is 0 Å². The molecule has 0 spiro atoms. The molecule has 0 saturated carbocycles. The van der Waals surface area contributed by atoms with Gasteiger partial charge in [0.2, 0.25) is 0 Å². The van der Waals surface area contributed by atoms with Gasteiger partial charge in [0.1, 0.15) is 30.5 Å². The third-order valence-electron chi connectivity index (χ3n) is 6.84. The first kappa shape index (κ1) is 27.0. The number of rotatable bonds is 13. The zero-order chi connectivity index (χ0) is 26.2. The number of epoxide rings is 1. The summed E-state index contributed by atoms with van der Waals surface area (Å²) in [4.78, 5) is 0. The maximum Gasteiger partial charge on any atom is 0.186 e. The van der Waals surface area contributed by atoms with Gasteiger partial charge in [-0.15, -0.1) is 0 Å². The molecule has 2 aliphatic heterocycles. The van der Waals surface area contributed by atoms with E-state index in [0.717, 1.165) is 16.7 Å². The average Bonchev–Trinajstić information content (AvgIpc) is 3.67. The minimum Gasteiger partial charge on any atom is -0.385 e. The molecule has 2 saturated heterocycles. The van der Waals surface area contributed by atoms with Gasteiger partial charge in [-0.3, -0.25) is 0 Å². The molecular weight excluding hydrogens is 484 g/mol. The van der Waals surface area contributed by atoms with Gasteiger partial charge < -0.3 is 33.5 Å². The average molecular weight is 521 g/mol. The lowest BCUT2D eigenvalue weighted by atomic mass is 9.98. The van der Waals surface area contributed by atoms with E-state index in [1.54, 1.807) is 0 Å². The van der Waals surface area contributed by atoms with Crippen molar-refractivity contribution in [3.8, 4) is 0 Å². The van der Waals surface area contributed by atoms with Crippen molar-refractivity contribution in [2.45, 2.75) is 69.7 Å². The smallest absolute Gasteiger partial charge is 0.186 e. The summed E-state index contributed by atoms with van der Waals surface area (Å²) in [7, 11) is 0. The molecule has 2 heterocycles. The first-order chi connectivity index (χ1) is 18.7. The molecule has 0 aliphatic carbocycles. The van der Waals surface area contributed by atoms with E-state index in [1.807, 2.05) is 97.9 Å². The van der Waals surface area contributed by atoms with E-state index in [2.05, 4.69) is 0 Å². The largest absolute Gasteiger partial charge is 0.385 e. The lowest BCUT2D eigenvalue weighted by molar-refractivity contribution is -0.319. The van der Waals surface area contributed by atoms with Crippen molar-refractivity contribution < 1.29 is 33.5 Å². The number of hydrogen-bond acceptors (Lipinski definition) is 7. The zero-order valence-electron chi connectivity index (χ0n) is 21.6. The summed E-state index contributed by atoms with van der Waals surface area (Å²) in [5.41, 5.74) is 3.09. The highest BCUT2D eigenvalue weighted by atomic mass is 16.7. The third-order valence-corrected chi connectivity index (χ3v) is 6.84. The van der Waals surface area contributed by atoms with Crippen LogP contribution >= 0.6 is 0 Å². The van der Waals surface area contributed by atoms with Gasteiger partial charge in [-0.1, -0.05) is 91.0 Å². The maximum absolute atomic E-state index is 11.4. The molecule has 4 unspecified atom stereocenters. The normalized spacial score (nSPS) is 28.7.